The molecule has 0 saturated heterocycles. The summed E-state index contributed by atoms with van der Waals surface area (Å²) < 4.78 is 0. The molecule has 3 heteroatoms. The predicted octanol–water partition coefficient (Wildman–Crippen LogP) is 4.27. The van der Waals surface area contributed by atoms with Crippen LogP contribution in [0.1, 0.15) is 46.1 Å². The predicted molar refractivity (Wildman–Crippen MR) is 90.2 cm³/mol. The number of nitrogens with zero attached hydrogens (tertiary/aromatic N) is 2. The van der Waals surface area contributed by atoms with Crippen molar-refractivity contribution in [2.24, 2.45) is 5.41 Å². The van der Waals surface area contributed by atoms with Gasteiger partial charge in [-0.15, -0.1) is 0 Å². The van der Waals surface area contributed by atoms with Crippen molar-refractivity contribution in [3.05, 3.63) is 29.8 Å². The minimum Gasteiger partial charge on any atom is -0.385 e. The molecule has 0 atom stereocenters. The zero-order valence-electron chi connectivity index (χ0n) is 13.9. The fourth-order valence-electron chi connectivity index (χ4n) is 2.31. The van der Waals surface area contributed by atoms with Crippen LogP contribution in [0.15, 0.2) is 24.3 Å². The molecule has 0 spiro atoms. The van der Waals surface area contributed by atoms with E-state index in [1.54, 1.807) is 0 Å². The summed E-state index contributed by atoms with van der Waals surface area (Å²) in [4.78, 5) is 2.41. The fourth-order valence-corrected chi connectivity index (χ4v) is 2.31. The summed E-state index contributed by atoms with van der Waals surface area (Å²) >= 11 is 0. The lowest BCUT2D eigenvalue weighted by molar-refractivity contribution is 0.296. The molecular weight excluding hydrogens is 258 g/mol. The normalized spacial score (nSPS) is 11.4. The molecule has 0 heterocycles. The van der Waals surface area contributed by atoms with Gasteiger partial charge in [0.15, 0.2) is 0 Å². The second kappa shape index (κ2) is 8.69. The van der Waals surface area contributed by atoms with E-state index < -0.39 is 0 Å². The van der Waals surface area contributed by atoms with Crippen molar-refractivity contribution in [2.45, 2.75) is 47.1 Å². The Hall–Kier alpha value is -1.53. The third kappa shape index (κ3) is 6.64. The Morgan fingerprint density at radius 1 is 1.24 bits per heavy atom. The van der Waals surface area contributed by atoms with Crippen LogP contribution < -0.4 is 5.32 Å². The van der Waals surface area contributed by atoms with Crippen molar-refractivity contribution in [1.82, 2.24) is 4.90 Å². The number of rotatable bonds is 9. The van der Waals surface area contributed by atoms with E-state index in [-0.39, 0.29) is 5.41 Å². The smallest absolute Gasteiger partial charge is 0.0621 e. The van der Waals surface area contributed by atoms with Gasteiger partial charge in [-0.1, -0.05) is 39.8 Å². The van der Waals surface area contributed by atoms with Crippen LogP contribution in [0.5, 0.6) is 0 Å². The SMILES string of the molecule is CCN(CC)Cc1cccc(NCC(C)(C)CCC#N)c1. The van der Waals surface area contributed by atoms with E-state index >= 15 is 0 Å². The minimum atomic E-state index is 0.143. The molecule has 116 valence electrons. The molecule has 0 saturated carbocycles. The highest BCUT2D eigenvalue weighted by molar-refractivity contribution is 5.45. The van der Waals surface area contributed by atoms with Gasteiger partial charge in [0.05, 0.1) is 6.07 Å². The van der Waals surface area contributed by atoms with Crippen molar-refractivity contribution in [3.8, 4) is 6.07 Å². The average Bonchev–Trinajstić information content (AvgIpc) is 2.49. The summed E-state index contributed by atoms with van der Waals surface area (Å²) in [5.74, 6) is 0. The summed E-state index contributed by atoms with van der Waals surface area (Å²) in [5, 5.41) is 12.2. The van der Waals surface area contributed by atoms with Crippen molar-refractivity contribution in [3.63, 3.8) is 0 Å². The van der Waals surface area contributed by atoms with Crippen LogP contribution in [0.3, 0.4) is 0 Å². The molecule has 21 heavy (non-hydrogen) atoms. The molecule has 0 unspecified atom stereocenters. The Kier molecular flexibility index (Phi) is 7.25. The first-order valence-corrected chi connectivity index (χ1v) is 7.93. The van der Waals surface area contributed by atoms with Gasteiger partial charge in [-0.3, -0.25) is 4.90 Å². The number of hydrogen-bond acceptors (Lipinski definition) is 3. The highest BCUT2D eigenvalue weighted by Gasteiger charge is 2.17. The van der Waals surface area contributed by atoms with Gasteiger partial charge in [0.2, 0.25) is 0 Å². The number of benzene rings is 1. The zero-order chi connectivity index (χ0) is 15.7. The van der Waals surface area contributed by atoms with Crippen molar-refractivity contribution in [2.75, 3.05) is 25.0 Å². The van der Waals surface area contributed by atoms with Crippen LogP contribution in [0, 0.1) is 16.7 Å². The van der Waals surface area contributed by atoms with Crippen LogP contribution in [-0.4, -0.2) is 24.5 Å². The Balaban J connectivity index is 2.58. The molecule has 1 N–H and O–H groups in total. The number of nitrogens with one attached hydrogen (secondary N) is 1. The minimum absolute atomic E-state index is 0.143. The monoisotopic (exact) mass is 287 g/mol. The van der Waals surface area contributed by atoms with Crippen molar-refractivity contribution in [1.29, 1.82) is 5.26 Å². The highest BCUT2D eigenvalue weighted by Crippen LogP contribution is 2.23. The van der Waals surface area contributed by atoms with Gasteiger partial charge in [0.25, 0.3) is 0 Å². The molecule has 0 amide bonds. The van der Waals surface area contributed by atoms with Crippen LogP contribution in [0.25, 0.3) is 0 Å². The van der Waals surface area contributed by atoms with E-state index in [9.17, 15) is 0 Å². The first kappa shape index (κ1) is 17.5. The quantitative estimate of drug-likeness (QED) is 0.737. The van der Waals surface area contributed by atoms with E-state index in [0.717, 1.165) is 32.6 Å². The lowest BCUT2D eigenvalue weighted by Crippen LogP contribution is -2.23. The van der Waals surface area contributed by atoms with Crippen molar-refractivity contribution >= 4 is 5.69 Å². The first-order chi connectivity index (χ1) is 10.0. The lowest BCUT2D eigenvalue weighted by Gasteiger charge is -2.25. The average molecular weight is 287 g/mol. The van der Waals surface area contributed by atoms with Gasteiger partial charge >= 0.3 is 0 Å². The maximum absolute atomic E-state index is 8.71. The molecular formula is C18H29N3. The molecule has 0 fully saturated rings. The topological polar surface area (TPSA) is 39.1 Å². The molecule has 0 aliphatic carbocycles. The first-order valence-electron chi connectivity index (χ1n) is 7.93. The second-order valence-corrected chi connectivity index (χ2v) is 6.34. The Morgan fingerprint density at radius 2 is 1.95 bits per heavy atom. The van der Waals surface area contributed by atoms with Gasteiger partial charge < -0.3 is 5.32 Å². The molecule has 1 rings (SSSR count). The van der Waals surface area contributed by atoms with E-state index in [1.807, 2.05) is 0 Å². The Morgan fingerprint density at radius 3 is 2.57 bits per heavy atom. The molecule has 1 aromatic carbocycles. The van der Waals surface area contributed by atoms with Gasteiger partial charge in [-0.05, 0) is 42.6 Å². The van der Waals surface area contributed by atoms with Crippen LogP contribution in [0.4, 0.5) is 5.69 Å². The van der Waals surface area contributed by atoms with Crippen molar-refractivity contribution < 1.29 is 0 Å². The molecule has 0 aliphatic rings. The number of anilines is 1. The second-order valence-electron chi connectivity index (χ2n) is 6.34. The van der Waals surface area contributed by atoms with Gasteiger partial charge in [-0.25, -0.2) is 0 Å². The standard InChI is InChI=1S/C18H29N3/c1-5-21(6-2)14-16-9-7-10-17(13-16)20-15-18(3,4)11-8-12-19/h7,9-10,13,20H,5-6,8,11,14-15H2,1-4H3. The lowest BCUT2D eigenvalue weighted by atomic mass is 9.88. The zero-order valence-corrected chi connectivity index (χ0v) is 13.9. The molecule has 0 aliphatic heterocycles. The third-order valence-corrected chi connectivity index (χ3v) is 3.91. The molecule has 1 aromatic rings. The van der Waals surface area contributed by atoms with Crippen LogP contribution in [0.2, 0.25) is 0 Å². The summed E-state index contributed by atoms with van der Waals surface area (Å²) in [6.07, 6.45) is 1.55. The molecule has 0 bridgehead atoms. The van der Waals surface area contributed by atoms with Gasteiger partial charge in [-0.2, -0.15) is 5.26 Å². The molecule has 0 radical (unpaired) electrons. The van der Waals surface area contributed by atoms with Crippen LogP contribution in [-0.2, 0) is 6.54 Å². The summed E-state index contributed by atoms with van der Waals surface area (Å²) in [6.45, 7) is 12.9. The van der Waals surface area contributed by atoms with Gasteiger partial charge in [0, 0.05) is 25.2 Å². The molecule has 0 aromatic heterocycles. The van der Waals surface area contributed by atoms with E-state index in [1.165, 1.54) is 11.3 Å². The fraction of sp³-hybridized carbons (Fsp3) is 0.611. The highest BCUT2D eigenvalue weighted by atomic mass is 15.1. The largest absolute Gasteiger partial charge is 0.385 e. The Bertz CT molecular complexity index is 456. The Labute approximate surface area is 130 Å². The van der Waals surface area contributed by atoms with Crippen LogP contribution >= 0.6 is 0 Å². The number of hydrogen-bond donors (Lipinski definition) is 1. The van der Waals surface area contributed by atoms with E-state index in [0.29, 0.717) is 6.42 Å². The third-order valence-electron chi connectivity index (χ3n) is 3.91. The summed E-state index contributed by atoms with van der Waals surface area (Å²) in [6, 6.07) is 10.9. The maximum atomic E-state index is 8.71. The van der Waals surface area contributed by atoms with E-state index in [2.05, 4.69) is 68.2 Å². The summed E-state index contributed by atoms with van der Waals surface area (Å²) in [7, 11) is 0. The maximum Gasteiger partial charge on any atom is 0.0621 e. The molecule has 3 nitrogen and oxygen atoms in total. The van der Waals surface area contributed by atoms with Gasteiger partial charge in [0.1, 0.15) is 0 Å². The summed E-state index contributed by atoms with van der Waals surface area (Å²) in [5.41, 5.74) is 2.66. The van der Waals surface area contributed by atoms with E-state index in [4.69, 9.17) is 5.26 Å². The number of nitriles is 1.